The summed E-state index contributed by atoms with van der Waals surface area (Å²) in [4.78, 5) is 2.60. The average molecular weight is 378 g/mol. The van der Waals surface area contributed by atoms with Crippen molar-refractivity contribution in [1.82, 2.24) is 4.90 Å². The van der Waals surface area contributed by atoms with Crippen LogP contribution in [-0.2, 0) is 4.74 Å². The van der Waals surface area contributed by atoms with E-state index in [2.05, 4.69) is 18.7 Å². The Hall–Kier alpha value is -0.200. The maximum Gasteiger partial charge on any atom is 0.0771 e. The molecule has 5 aliphatic carbocycles. The molecule has 5 saturated carbocycles. The van der Waals surface area contributed by atoms with E-state index in [1.165, 1.54) is 0 Å². The van der Waals surface area contributed by atoms with Crippen molar-refractivity contribution in [2.75, 3.05) is 20.2 Å². The number of methoxy groups -OCH3 is 1. The second kappa shape index (κ2) is 5.10. The van der Waals surface area contributed by atoms with Gasteiger partial charge in [0.15, 0.2) is 0 Å². The molecule has 6 rings (SSSR count). The summed E-state index contributed by atoms with van der Waals surface area (Å²) in [6, 6.07) is 0.253. The Balaban J connectivity index is 1.59. The van der Waals surface area contributed by atoms with Gasteiger partial charge in [0.25, 0.3) is 0 Å². The lowest BCUT2D eigenvalue weighted by atomic mass is 9.43. The first-order chi connectivity index (χ1) is 12.8. The number of aliphatic hydroxyl groups excluding tert-OH is 2. The van der Waals surface area contributed by atoms with E-state index < -0.39 is 11.7 Å². The van der Waals surface area contributed by atoms with Gasteiger partial charge in [-0.15, -0.1) is 0 Å². The summed E-state index contributed by atoms with van der Waals surface area (Å²) < 4.78 is 5.79. The van der Waals surface area contributed by atoms with Gasteiger partial charge in [0.1, 0.15) is 0 Å². The molecule has 6 fully saturated rings. The molecular weight excluding hydrogens is 342 g/mol. The fourth-order valence-electron chi connectivity index (χ4n) is 10.1. The van der Waals surface area contributed by atoms with E-state index in [1.807, 2.05) is 0 Å². The zero-order chi connectivity index (χ0) is 18.9. The molecule has 0 aromatic carbocycles. The molecule has 0 aromatic heterocycles. The van der Waals surface area contributed by atoms with E-state index in [9.17, 15) is 15.3 Å². The molecule has 3 N–H and O–H groups in total. The Morgan fingerprint density at radius 2 is 1.96 bits per heavy atom. The number of nitrogens with zero attached hydrogens (tertiary/aromatic N) is 1. The summed E-state index contributed by atoms with van der Waals surface area (Å²) in [7, 11) is 1.73. The highest BCUT2D eigenvalue weighted by molar-refractivity contribution is 5.32. The van der Waals surface area contributed by atoms with E-state index >= 15 is 0 Å². The molecule has 0 amide bonds. The lowest BCUT2D eigenvalue weighted by molar-refractivity contribution is -0.266. The third kappa shape index (κ3) is 1.66. The largest absolute Gasteiger partial charge is 0.392 e. The number of ether oxygens (including phenoxy) is 1. The van der Waals surface area contributed by atoms with Gasteiger partial charge in [0.2, 0.25) is 0 Å². The zero-order valence-electron chi connectivity index (χ0n) is 16.8. The van der Waals surface area contributed by atoms with Gasteiger partial charge in [0, 0.05) is 49.3 Å². The van der Waals surface area contributed by atoms with Crippen LogP contribution in [0.3, 0.4) is 0 Å². The van der Waals surface area contributed by atoms with Gasteiger partial charge in [-0.25, -0.2) is 0 Å². The van der Waals surface area contributed by atoms with Crippen LogP contribution in [0, 0.1) is 40.4 Å². The zero-order valence-corrected chi connectivity index (χ0v) is 16.8. The Morgan fingerprint density at radius 3 is 2.67 bits per heavy atom. The number of likely N-dealkylation sites (tertiary alicyclic amines) is 1. The van der Waals surface area contributed by atoms with Crippen molar-refractivity contribution < 1.29 is 20.1 Å². The number of aliphatic hydroxyl groups is 3. The average Bonchev–Trinajstić information content (AvgIpc) is 3.07. The van der Waals surface area contributed by atoms with Crippen LogP contribution in [0.1, 0.15) is 46.0 Å². The van der Waals surface area contributed by atoms with Crippen LogP contribution in [0.2, 0.25) is 0 Å². The molecule has 7 bridgehead atoms. The number of fused-ring (bicyclic) bond motifs is 2. The molecule has 6 aliphatic rings. The third-order valence-electron chi connectivity index (χ3n) is 10.7. The molecular formula is C22H35NO4. The summed E-state index contributed by atoms with van der Waals surface area (Å²) in [6.07, 6.45) is 3.66. The Bertz CT molecular complexity index is 673. The van der Waals surface area contributed by atoms with Crippen molar-refractivity contribution in [2.24, 2.45) is 40.4 Å². The summed E-state index contributed by atoms with van der Waals surface area (Å²) in [5.41, 5.74) is -0.788. The number of hydrogen-bond donors (Lipinski definition) is 3. The highest BCUT2D eigenvalue weighted by atomic mass is 16.5. The first-order valence-corrected chi connectivity index (χ1v) is 11.2. The van der Waals surface area contributed by atoms with E-state index in [0.717, 1.165) is 38.8 Å². The number of piperidine rings is 1. The monoisotopic (exact) mass is 377 g/mol. The molecule has 1 aliphatic heterocycles. The molecule has 12 atom stereocenters. The van der Waals surface area contributed by atoms with Crippen molar-refractivity contribution in [3.8, 4) is 0 Å². The van der Waals surface area contributed by atoms with Crippen LogP contribution in [0.5, 0.6) is 0 Å². The third-order valence-corrected chi connectivity index (χ3v) is 10.7. The first-order valence-electron chi connectivity index (χ1n) is 11.2. The van der Waals surface area contributed by atoms with Crippen molar-refractivity contribution in [2.45, 2.75) is 75.9 Å². The highest BCUT2D eigenvalue weighted by Gasteiger charge is 2.82. The predicted octanol–water partition coefficient (Wildman–Crippen LogP) is 1.25. The number of hydrogen-bond acceptors (Lipinski definition) is 5. The molecule has 152 valence electrons. The van der Waals surface area contributed by atoms with E-state index in [4.69, 9.17) is 4.74 Å². The minimum atomic E-state index is -0.858. The first kappa shape index (κ1) is 17.6. The van der Waals surface area contributed by atoms with Gasteiger partial charge in [-0.2, -0.15) is 0 Å². The van der Waals surface area contributed by atoms with Crippen LogP contribution in [0.25, 0.3) is 0 Å². The van der Waals surface area contributed by atoms with E-state index in [0.29, 0.717) is 12.3 Å². The van der Waals surface area contributed by atoms with E-state index in [-0.39, 0.29) is 52.8 Å². The van der Waals surface area contributed by atoms with Crippen LogP contribution in [0.15, 0.2) is 0 Å². The van der Waals surface area contributed by atoms with Crippen molar-refractivity contribution in [3.05, 3.63) is 0 Å². The minimum Gasteiger partial charge on any atom is -0.392 e. The topological polar surface area (TPSA) is 73.2 Å². The molecule has 5 nitrogen and oxygen atoms in total. The lowest BCUT2D eigenvalue weighted by Crippen LogP contribution is -2.75. The smallest absolute Gasteiger partial charge is 0.0771 e. The fourth-order valence-corrected chi connectivity index (χ4v) is 10.1. The quantitative estimate of drug-likeness (QED) is 0.676. The Morgan fingerprint density at radius 1 is 1.19 bits per heavy atom. The summed E-state index contributed by atoms with van der Waals surface area (Å²) in [5.74, 6) is 0.840. The molecule has 5 heteroatoms. The fraction of sp³-hybridized carbons (Fsp3) is 1.00. The molecule has 1 spiro atoms. The summed E-state index contributed by atoms with van der Waals surface area (Å²) in [6.45, 7) is 6.74. The van der Waals surface area contributed by atoms with Gasteiger partial charge in [-0.05, 0) is 49.5 Å². The standard InChI is InChI=1S/C22H35NO4/c1-4-23-10-20(2)6-5-16(24)22-12-7-11-14(27-3)9-21(26,17(12)18(11)25)13(19(22)23)8-15(20)22/h11-19,24-26H,4-10H2,1-3H3/t11-,12?,13?,14+,15-,16+,17?,18+,19?,20+,21+,22-/m1/s1. The molecule has 27 heavy (non-hydrogen) atoms. The minimum absolute atomic E-state index is 0.0657. The SMILES string of the molecule is CCN1C[C@]2(C)CC[C@H](O)[C@@]34C5C[C@@H]6[C@@H](OC)C[C@](O)(C(C[C@H]23)C14)C5[C@H]6O. The number of rotatable bonds is 2. The van der Waals surface area contributed by atoms with Crippen molar-refractivity contribution in [1.29, 1.82) is 0 Å². The maximum atomic E-state index is 12.1. The molecule has 1 heterocycles. The molecule has 1 saturated heterocycles. The van der Waals surface area contributed by atoms with Gasteiger partial charge in [-0.3, -0.25) is 4.90 Å². The summed E-state index contributed by atoms with van der Waals surface area (Å²) in [5, 5.41) is 34.9. The molecule has 0 aromatic rings. The molecule has 0 radical (unpaired) electrons. The van der Waals surface area contributed by atoms with Crippen LogP contribution in [0.4, 0.5) is 0 Å². The maximum absolute atomic E-state index is 12.1. The van der Waals surface area contributed by atoms with Gasteiger partial charge >= 0.3 is 0 Å². The van der Waals surface area contributed by atoms with Crippen LogP contribution < -0.4 is 0 Å². The molecule has 4 unspecified atom stereocenters. The van der Waals surface area contributed by atoms with E-state index in [1.54, 1.807) is 7.11 Å². The Kier molecular flexibility index (Phi) is 3.33. The van der Waals surface area contributed by atoms with Gasteiger partial charge in [-0.1, -0.05) is 13.8 Å². The lowest BCUT2D eigenvalue weighted by Gasteiger charge is -2.68. The Labute approximate surface area is 162 Å². The van der Waals surface area contributed by atoms with Crippen LogP contribution >= 0.6 is 0 Å². The second-order valence-electron chi connectivity index (χ2n) is 11.1. The van der Waals surface area contributed by atoms with Crippen molar-refractivity contribution in [3.63, 3.8) is 0 Å². The van der Waals surface area contributed by atoms with Crippen molar-refractivity contribution >= 4 is 0 Å². The van der Waals surface area contributed by atoms with Crippen LogP contribution in [-0.4, -0.2) is 70.4 Å². The normalized spacial score (nSPS) is 66.2. The van der Waals surface area contributed by atoms with Gasteiger partial charge < -0.3 is 20.1 Å². The predicted molar refractivity (Wildman–Crippen MR) is 99.9 cm³/mol. The second-order valence-corrected chi connectivity index (χ2v) is 11.1. The van der Waals surface area contributed by atoms with Gasteiger partial charge in [0.05, 0.1) is 23.9 Å². The highest BCUT2D eigenvalue weighted by Crippen LogP contribution is 2.78. The summed E-state index contributed by atoms with van der Waals surface area (Å²) >= 11 is 0.